The molecular weight excluding hydrogens is 302 g/mol. The van der Waals surface area contributed by atoms with Crippen LogP contribution in [-0.4, -0.2) is 12.5 Å². The van der Waals surface area contributed by atoms with Gasteiger partial charge in [-0.2, -0.15) is 0 Å². The zero-order chi connectivity index (χ0) is 16.1. The van der Waals surface area contributed by atoms with Crippen LogP contribution in [0, 0.1) is 0 Å². The Kier molecular flexibility index (Phi) is 5.09. The van der Waals surface area contributed by atoms with Crippen molar-refractivity contribution in [1.82, 2.24) is 5.32 Å². The Labute approximate surface area is 141 Å². The Morgan fingerprint density at radius 3 is 2.74 bits per heavy atom. The molecule has 0 spiro atoms. The zero-order valence-electron chi connectivity index (χ0n) is 13.3. The fraction of sp³-hybridized carbons (Fsp3) is 0.250. The first kappa shape index (κ1) is 15.8. The van der Waals surface area contributed by atoms with Gasteiger partial charge in [0, 0.05) is 16.3 Å². The van der Waals surface area contributed by atoms with Crippen molar-refractivity contribution in [2.75, 3.05) is 6.54 Å². The van der Waals surface area contributed by atoms with Crippen LogP contribution in [0.5, 0.6) is 0 Å². The number of amides is 1. The largest absolute Gasteiger partial charge is 0.356 e. The van der Waals surface area contributed by atoms with E-state index in [1.54, 1.807) is 11.3 Å². The molecule has 0 fully saturated rings. The summed E-state index contributed by atoms with van der Waals surface area (Å²) < 4.78 is 0. The van der Waals surface area contributed by atoms with Gasteiger partial charge in [-0.1, -0.05) is 55.8 Å². The number of thiophene rings is 1. The summed E-state index contributed by atoms with van der Waals surface area (Å²) in [5.41, 5.74) is 1.24. The average molecular weight is 323 g/mol. The Morgan fingerprint density at radius 2 is 1.87 bits per heavy atom. The van der Waals surface area contributed by atoms with Gasteiger partial charge in [-0.15, -0.1) is 11.3 Å². The predicted molar refractivity (Wildman–Crippen MR) is 98.9 cm³/mol. The number of hydrogen-bond acceptors (Lipinski definition) is 2. The molecule has 1 amide bonds. The zero-order valence-corrected chi connectivity index (χ0v) is 14.2. The highest BCUT2D eigenvalue weighted by molar-refractivity contribution is 7.15. The summed E-state index contributed by atoms with van der Waals surface area (Å²) in [6.07, 6.45) is 2.61. The maximum absolute atomic E-state index is 11.9. The van der Waals surface area contributed by atoms with Crippen molar-refractivity contribution in [1.29, 1.82) is 0 Å². The SMILES string of the molecule is CCCCNC(=O)Cc1ccc(-c2cccc3ccccc23)s1. The molecular formula is C20H21NOS. The van der Waals surface area contributed by atoms with Gasteiger partial charge in [0.05, 0.1) is 6.42 Å². The number of carbonyl (C=O) groups excluding carboxylic acids is 1. The summed E-state index contributed by atoms with van der Waals surface area (Å²) in [6.45, 7) is 2.90. The molecule has 0 aliphatic rings. The van der Waals surface area contributed by atoms with E-state index >= 15 is 0 Å². The Balaban J connectivity index is 1.77. The number of fused-ring (bicyclic) bond motifs is 1. The number of unbranched alkanes of at least 4 members (excludes halogenated alkanes) is 1. The van der Waals surface area contributed by atoms with Gasteiger partial charge in [-0.05, 0) is 34.9 Å². The van der Waals surface area contributed by atoms with Crippen LogP contribution in [0.15, 0.2) is 54.6 Å². The molecule has 1 aromatic heterocycles. The highest BCUT2D eigenvalue weighted by Gasteiger charge is 2.09. The van der Waals surface area contributed by atoms with Crippen LogP contribution in [0.25, 0.3) is 21.2 Å². The topological polar surface area (TPSA) is 29.1 Å². The highest BCUT2D eigenvalue weighted by atomic mass is 32.1. The number of benzene rings is 2. The lowest BCUT2D eigenvalue weighted by Crippen LogP contribution is -2.25. The van der Waals surface area contributed by atoms with E-state index in [9.17, 15) is 4.79 Å². The van der Waals surface area contributed by atoms with E-state index in [4.69, 9.17) is 0 Å². The normalized spacial score (nSPS) is 10.8. The number of nitrogens with one attached hydrogen (secondary N) is 1. The van der Waals surface area contributed by atoms with Crippen molar-refractivity contribution in [3.05, 3.63) is 59.5 Å². The third-order valence-corrected chi connectivity index (χ3v) is 5.02. The van der Waals surface area contributed by atoms with E-state index in [0.29, 0.717) is 6.42 Å². The van der Waals surface area contributed by atoms with Crippen molar-refractivity contribution in [3.63, 3.8) is 0 Å². The minimum absolute atomic E-state index is 0.116. The number of hydrogen-bond donors (Lipinski definition) is 1. The summed E-state index contributed by atoms with van der Waals surface area (Å²) in [5.74, 6) is 0.116. The van der Waals surface area contributed by atoms with Gasteiger partial charge >= 0.3 is 0 Å². The van der Waals surface area contributed by atoms with E-state index in [-0.39, 0.29) is 5.91 Å². The van der Waals surface area contributed by atoms with E-state index in [1.165, 1.54) is 21.2 Å². The van der Waals surface area contributed by atoms with Gasteiger partial charge < -0.3 is 5.32 Å². The lowest BCUT2D eigenvalue weighted by atomic mass is 10.0. The first-order valence-corrected chi connectivity index (χ1v) is 8.93. The molecule has 3 heteroatoms. The molecule has 0 unspecified atom stereocenters. The molecule has 3 aromatic rings. The molecule has 2 nitrogen and oxygen atoms in total. The van der Waals surface area contributed by atoms with Crippen LogP contribution in [0.4, 0.5) is 0 Å². The summed E-state index contributed by atoms with van der Waals surface area (Å²) >= 11 is 1.71. The second kappa shape index (κ2) is 7.42. The monoisotopic (exact) mass is 323 g/mol. The van der Waals surface area contributed by atoms with Crippen molar-refractivity contribution in [2.24, 2.45) is 0 Å². The summed E-state index contributed by atoms with van der Waals surface area (Å²) in [7, 11) is 0. The van der Waals surface area contributed by atoms with E-state index in [0.717, 1.165) is 24.3 Å². The number of rotatable bonds is 6. The molecule has 3 rings (SSSR count). The molecule has 0 saturated carbocycles. The fourth-order valence-corrected chi connectivity index (χ4v) is 3.73. The predicted octanol–water partition coefficient (Wildman–Crippen LogP) is 5.03. The van der Waals surface area contributed by atoms with Gasteiger partial charge in [0.15, 0.2) is 0 Å². The molecule has 1 heterocycles. The molecule has 0 bridgehead atoms. The summed E-state index contributed by atoms with van der Waals surface area (Å²) in [4.78, 5) is 14.3. The van der Waals surface area contributed by atoms with E-state index in [2.05, 4.69) is 66.8 Å². The van der Waals surface area contributed by atoms with Crippen LogP contribution in [0.2, 0.25) is 0 Å². The molecule has 0 atom stereocenters. The van der Waals surface area contributed by atoms with E-state index in [1.807, 2.05) is 0 Å². The molecule has 118 valence electrons. The molecule has 0 aliphatic heterocycles. The molecule has 0 saturated heterocycles. The molecule has 1 N–H and O–H groups in total. The van der Waals surface area contributed by atoms with Crippen molar-refractivity contribution >= 4 is 28.0 Å². The molecule has 2 aromatic carbocycles. The third-order valence-electron chi connectivity index (χ3n) is 3.90. The van der Waals surface area contributed by atoms with Gasteiger partial charge in [0.25, 0.3) is 0 Å². The Hall–Kier alpha value is -2.13. The minimum Gasteiger partial charge on any atom is -0.356 e. The van der Waals surface area contributed by atoms with Crippen LogP contribution < -0.4 is 5.32 Å². The number of carbonyl (C=O) groups is 1. The van der Waals surface area contributed by atoms with Gasteiger partial charge in [0.2, 0.25) is 5.91 Å². The summed E-state index contributed by atoms with van der Waals surface area (Å²) in [6, 6.07) is 19.0. The van der Waals surface area contributed by atoms with Crippen LogP contribution in [0.3, 0.4) is 0 Å². The second-order valence-corrected chi connectivity index (χ2v) is 6.84. The quantitative estimate of drug-likeness (QED) is 0.634. The molecule has 23 heavy (non-hydrogen) atoms. The Morgan fingerprint density at radius 1 is 1.04 bits per heavy atom. The van der Waals surface area contributed by atoms with Crippen LogP contribution >= 0.6 is 11.3 Å². The maximum atomic E-state index is 11.9. The fourth-order valence-electron chi connectivity index (χ4n) is 2.68. The van der Waals surface area contributed by atoms with Crippen molar-refractivity contribution in [3.8, 4) is 10.4 Å². The Bertz CT molecular complexity index is 801. The van der Waals surface area contributed by atoms with Crippen LogP contribution in [0.1, 0.15) is 24.6 Å². The average Bonchev–Trinajstić information content (AvgIpc) is 3.03. The smallest absolute Gasteiger partial charge is 0.225 e. The maximum Gasteiger partial charge on any atom is 0.225 e. The standard InChI is InChI=1S/C20H21NOS/c1-2-3-13-21-20(22)14-16-11-12-19(23-16)18-10-6-8-15-7-4-5-9-17(15)18/h4-12H,2-3,13-14H2,1H3,(H,21,22). The second-order valence-electron chi connectivity index (χ2n) is 5.67. The van der Waals surface area contributed by atoms with Crippen molar-refractivity contribution in [2.45, 2.75) is 26.2 Å². The van der Waals surface area contributed by atoms with Crippen molar-refractivity contribution < 1.29 is 4.79 Å². The molecule has 0 radical (unpaired) electrons. The first-order chi connectivity index (χ1) is 11.3. The lowest BCUT2D eigenvalue weighted by Gasteiger charge is -2.04. The lowest BCUT2D eigenvalue weighted by molar-refractivity contribution is -0.120. The minimum atomic E-state index is 0.116. The van der Waals surface area contributed by atoms with Gasteiger partial charge in [0.1, 0.15) is 0 Å². The van der Waals surface area contributed by atoms with Gasteiger partial charge in [-0.25, -0.2) is 0 Å². The summed E-state index contributed by atoms with van der Waals surface area (Å²) in [5, 5.41) is 5.49. The van der Waals surface area contributed by atoms with E-state index < -0.39 is 0 Å². The molecule has 0 aliphatic carbocycles. The van der Waals surface area contributed by atoms with Gasteiger partial charge in [-0.3, -0.25) is 4.79 Å². The third kappa shape index (κ3) is 3.80. The van der Waals surface area contributed by atoms with Crippen LogP contribution in [-0.2, 0) is 11.2 Å². The first-order valence-electron chi connectivity index (χ1n) is 8.11. The highest BCUT2D eigenvalue weighted by Crippen LogP contribution is 2.33.